The van der Waals surface area contributed by atoms with Crippen molar-refractivity contribution in [2.24, 2.45) is 0 Å². The zero-order valence-electron chi connectivity index (χ0n) is 6.30. The number of hydrogen-bond acceptors (Lipinski definition) is 1. The lowest BCUT2D eigenvalue weighted by molar-refractivity contribution is 0.960. The summed E-state index contributed by atoms with van der Waals surface area (Å²) in [5.74, 6) is 0. The number of benzene rings is 1. The first-order chi connectivity index (χ1) is 5.27. The van der Waals surface area contributed by atoms with E-state index in [1.165, 1.54) is 16.9 Å². The van der Waals surface area contributed by atoms with E-state index in [9.17, 15) is 0 Å². The number of halogens is 1. The van der Waals surface area contributed by atoms with Crippen LogP contribution in [0.2, 0.25) is 5.02 Å². The molecule has 0 amide bonds. The van der Waals surface area contributed by atoms with Gasteiger partial charge in [0.05, 0.1) is 5.02 Å². The second-order valence-electron chi connectivity index (χ2n) is 2.86. The minimum Gasteiger partial charge on any atom is -0.121 e. The molecule has 0 radical (unpaired) electrons. The summed E-state index contributed by atoms with van der Waals surface area (Å²) >= 11 is 7.90. The van der Waals surface area contributed by atoms with Crippen molar-refractivity contribution in [3.05, 3.63) is 28.8 Å². The highest BCUT2D eigenvalue weighted by Crippen LogP contribution is 2.40. The highest BCUT2D eigenvalue weighted by molar-refractivity contribution is 8.00. The predicted molar refractivity (Wildman–Crippen MR) is 50.5 cm³/mol. The van der Waals surface area contributed by atoms with Crippen molar-refractivity contribution in [2.45, 2.75) is 23.5 Å². The van der Waals surface area contributed by atoms with Crippen molar-refractivity contribution < 1.29 is 0 Å². The van der Waals surface area contributed by atoms with Gasteiger partial charge in [0.15, 0.2) is 0 Å². The topological polar surface area (TPSA) is 0 Å². The summed E-state index contributed by atoms with van der Waals surface area (Å²) in [7, 11) is 0. The van der Waals surface area contributed by atoms with Crippen LogP contribution >= 0.6 is 23.4 Å². The Balaban J connectivity index is 2.49. The Bertz CT molecular complexity index is 283. The van der Waals surface area contributed by atoms with Gasteiger partial charge in [-0.1, -0.05) is 30.7 Å². The normalized spacial score (nSPS) is 21.8. The van der Waals surface area contributed by atoms with Crippen LogP contribution in [0.1, 0.15) is 12.5 Å². The molecule has 0 bridgehead atoms. The van der Waals surface area contributed by atoms with Crippen molar-refractivity contribution in [1.82, 2.24) is 0 Å². The Morgan fingerprint density at radius 3 is 3.09 bits per heavy atom. The van der Waals surface area contributed by atoms with E-state index in [0.717, 1.165) is 5.02 Å². The lowest BCUT2D eigenvalue weighted by Gasteiger charge is -1.98. The van der Waals surface area contributed by atoms with Crippen LogP contribution in [0.5, 0.6) is 0 Å². The van der Waals surface area contributed by atoms with Crippen LogP contribution in [0.15, 0.2) is 23.1 Å². The molecule has 0 N–H and O–H groups in total. The number of fused-ring (bicyclic) bond motifs is 1. The summed E-state index contributed by atoms with van der Waals surface area (Å²) in [4.78, 5) is 1.29. The zero-order chi connectivity index (χ0) is 7.84. The molecule has 0 saturated carbocycles. The molecule has 1 aliphatic heterocycles. The zero-order valence-corrected chi connectivity index (χ0v) is 7.88. The third-order valence-corrected chi connectivity index (χ3v) is 3.59. The molecule has 1 aromatic rings. The molecule has 0 nitrogen and oxygen atoms in total. The van der Waals surface area contributed by atoms with E-state index in [1.807, 2.05) is 23.9 Å². The molecule has 11 heavy (non-hydrogen) atoms. The van der Waals surface area contributed by atoms with Gasteiger partial charge in [-0.3, -0.25) is 0 Å². The lowest BCUT2D eigenvalue weighted by Crippen LogP contribution is -1.90. The molecule has 0 saturated heterocycles. The van der Waals surface area contributed by atoms with Gasteiger partial charge in [-0.2, -0.15) is 0 Å². The molecule has 2 heteroatoms. The maximum Gasteiger partial charge on any atom is 0.0544 e. The van der Waals surface area contributed by atoms with Crippen LogP contribution in [-0.4, -0.2) is 5.25 Å². The van der Waals surface area contributed by atoms with Crippen LogP contribution in [-0.2, 0) is 6.42 Å². The number of thioether (sulfide) groups is 1. The molecule has 0 aromatic heterocycles. The van der Waals surface area contributed by atoms with E-state index >= 15 is 0 Å². The van der Waals surface area contributed by atoms with Gasteiger partial charge >= 0.3 is 0 Å². The Labute approximate surface area is 75.9 Å². The van der Waals surface area contributed by atoms with E-state index in [2.05, 4.69) is 13.0 Å². The molecule has 1 atom stereocenters. The highest BCUT2D eigenvalue weighted by atomic mass is 35.5. The Morgan fingerprint density at radius 1 is 1.55 bits per heavy atom. The summed E-state index contributed by atoms with van der Waals surface area (Å²) in [6.45, 7) is 2.24. The van der Waals surface area contributed by atoms with Gasteiger partial charge in [0, 0.05) is 10.1 Å². The minimum absolute atomic E-state index is 0.699. The molecule has 1 aromatic carbocycles. The van der Waals surface area contributed by atoms with Crippen molar-refractivity contribution in [3.63, 3.8) is 0 Å². The number of hydrogen-bond donors (Lipinski definition) is 0. The first-order valence-electron chi connectivity index (χ1n) is 3.71. The first kappa shape index (κ1) is 7.51. The van der Waals surface area contributed by atoms with Gasteiger partial charge in [0.25, 0.3) is 0 Å². The molecule has 1 heterocycles. The Kier molecular flexibility index (Phi) is 1.86. The van der Waals surface area contributed by atoms with Gasteiger partial charge in [-0.05, 0) is 18.1 Å². The van der Waals surface area contributed by atoms with Gasteiger partial charge in [0.2, 0.25) is 0 Å². The van der Waals surface area contributed by atoms with E-state index in [4.69, 9.17) is 11.6 Å². The van der Waals surface area contributed by atoms with Gasteiger partial charge < -0.3 is 0 Å². The lowest BCUT2D eigenvalue weighted by atomic mass is 10.1. The highest BCUT2D eigenvalue weighted by Gasteiger charge is 2.19. The molecule has 58 valence electrons. The number of rotatable bonds is 0. The molecular weight excluding hydrogens is 176 g/mol. The van der Waals surface area contributed by atoms with Crippen LogP contribution in [0, 0.1) is 0 Å². The minimum atomic E-state index is 0.699. The molecule has 0 fully saturated rings. The fourth-order valence-electron chi connectivity index (χ4n) is 1.40. The van der Waals surface area contributed by atoms with Crippen LogP contribution in [0.3, 0.4) is 0 Å². The summed E-state index contributed by atoms with van der Waals surface area (Å²) < 4.78 is 0. The molecule has 0 aliphatic carbocycles. The maximum absolute atomic E-state index is 6.01. The molecule has 0 spiro atoms. The maximum atomic E-state index is 6.01. The predicted octanol–water partition coefficient (Wildman–Crippen LogP) is 3.38. The summed E-state index contributed by atoms with van der Waals surface area (Å²) in [6, 6.07) is 6.16. The van der Waals surface area contributed by atoms with Crippen molar-refractivity contribution >= 4 is 23.4 Å². The largest absolute Gasteiger partial charge is 0.121 e. The smallest absolute Gasteiger partial charge is 0.0544 e. The molecule has 2 rings (SSSR count). The van der Waals surface area contributed by atoms with E-state index in [1.54, 1.807) is 0 Å². The van der Waals surface area contributed by atoms with E-state index < -0.39 is 0 Å². The second kappa shape index (κ2) is 2.72. The fourth-order valence-corrected chi connectivity index (χ4v) is 2.88. The summed E-state index contributed by atoms with van der Waals surface area (Å²) in [5.41, 5.74) is 1.41. The second-order valence-corrected chi connectivity index (χ2v) is 4.72. The summed E-state index contributed by atoms with van der Waals surface area (Å²) in [6.07, 6.45) is 1.17. The van der Waals surface area contributed by atoms with Gasteiger partial charge in [0.1, 0.15) is 0 Å². The van der Waals surface area contributed by atoms with Crippen LogP contribution < -0.4 is 0 Å². The SMILES string of the molecule is CC1Cc2cccc(Cl)c2S1. The first-order valence-corrected chi connectivity index (χ1v) is 4.97. The van der Waals surface area contributed by atoms with E-state index in [-0.39, 0.29) is 0 Å². The van der Waals surface area contributed by atoms with Crippen LogP contribution in [0.25, 0.3) is 0 Å². The fraction of sp³-hybridized carbons (Fsp3) is 0.333. The third-order valence-electron chi connectivity index (χ3n) is 1.87. The Morgan fingerprint density at radius 2 is 2.36 bits per heavy atom. The molecular formula is C9H9ClS. The Hall–Kier alpha value is -0.140. The van der Waals surface area contributed by atoms with E-state index in [0.29, 0.717) is 5.25 Å². The standard InChI is InChI=1S/C9H9ClS/c1-6-5-7-3-2-4-8(10)9(7)11-6/h2-4,6H,5H2,1H3. The average Bonchev–Trinajstić information content (AvgIpc) is 2.31. The van der Waals surface area contributed by atoms with Crippen molar-refractivity contribution in [1.29, 1.82) is 0 Å². The average molecular weight is 185 g/mol. The summed E-state index contributed by atoms with van der Waals surface area (Å²) in [5, 5.41) is 1.61. The van der Waals surface area contributed by atoms with Gasteiger partial charge in [-0.15, -0.1) is 11.8 Å². The monoisotopic (exact) mass is 184 g/mol. The molecule has 1 unspecified atom stereocenters. The quantitative estimate of drug-likeness (QED) is 0.596. The van der Waals surface area contributed by atoms with Crippen molar-refractivity contribution in [2.75, 3.05) is 0 Å². The van der Waals surface area contributed by atoms with Crippen molar-refractivity contribution in [3.8, 4) is 0 Å². The molecule has 1 aliphatic rings. The third kappa shape index (κ3) is 1.27. The van der Waals surface area contributed by atoms with Crippen LogP contribution in [0.4, 0.5) is 0 Å². The van der Waals surface area contributed by atoms with Gasteiger partial charge in [-0.25, -0.2) is 0 Å².